The van der Waals surface area contributed by atoms with Crippen LogP contribution < -0.4 is 0 Å². The van der Waals surface area contributed by atoms with Crippen LogP contribution in [-0.2, 0) is 9.59 Å². The summed E-state index contributed by atoms with van der Waals surface area (Å²) in [4.78, 5) is 28.9. The van der Waals surface area contributed by atoms with E-state index >= 15 is 0 Å². The third-order valence-electron chi connectivity index (χ3n) is 4.52. The molecule has 1 aromatic rings. The van der Waals surface area contributed by atoms with Crippen LogP contribution in [0.2, 0.25) is 0 Å². The highest BCUT2D eigenvalue weighted by Gasteiger charge is 2.27. The fourth-order valence-electron chi connectivity index (χ4n) is 3.18. The normalized spacial score (nSPS) is 17.0. The van der Waals surface area contributed by atoms with E-state index in [2.05, 4.69) is 6.92 Å². The summed E-state index contributed by atoms with van der Waals surface area (Å²) < 4.78 is 0. The lowest BCUT2D eigenvalue weighted by Crippen LogP contribution is -2.40. The van der Waals surface area contributed by atoms with Gasteiger partial charge in [0.05, 0.1) is 5.92 Å². The number of hydrogen-bond acceptors (Lipinski definition) is 2. The van der Waals surface area contributed by atoms with Crippen molar-refractivity contribution in [3.05, 3.63) is 35.9 Å². The molecule has 0 spiro atoms. The molecule has 1 aromatic carbocycles. The molecule has 1 atom stereocenters. The van der Waals surface area contributed by atoms with Gasteiger partial charge in [0, 0.05) is 32.1 Å². The van der Waals surface area contributed by atoms with Crippen molar-refractivity contribution < 1.29 is 9.59 Å². The van der Waals surface area contributed by atoms with E-state index in [0.717, 1.165) is 31.5 Å². The molecule has 1 aliphatic heterocycles. The minimum absolute atomic E-state index is 0.0185. The van der Waals surface area contributed by atoms with Gasteiger partial charge in [-0.15, -0.1) is 0 Å². The van der Waals surface area contributed by atoms with E-state index < -0.39 is 0 Å². The third-order valence-corrected chi connectivity index (χ3v) is 4.52. The molecule has 0 radical (unpaired) electrons. The molecule has 23 heavy (non-hydrogen) atoms. The van der Waals surface area contributed by atoms with Gasteiger partial charge >= 0.3 is 0 Å². The number of amides is 2. The first-order valence-electron chi connectivity index (χ1n) is 8.67. The van der Waals surface area contributed by atoms with Crippen LogP contribution in [0.5, 0.6) is 0 Å². The Kier molecular flexibility index (Phi) is 6.20. The molecular weight excluding hydrogens is 288 g/mol. The molecule has 1 aliphatic rings. The molecule has 1 heterocycles. The van der Waals surface area contributed by atoms with E-state index in [1.165, 1.54) is 0 Å². The average Bonchev–Trinajstić information content (AvgIpc) is 2.81. The second-order valence-corrected chi connectivity index (χ2v) is 6.53. The van der Waals surface area contributed by atoms with Gasteiger partial charge in [0.25, 0.3) is 0 Å². The largest absolute Gasteiger partial charge is 0.341 e. The van der Waals surface area contributed by atoms with Gasteiger partial charge in [0.2, 0.25) is 11.8 Å². The van der Waals surface area contributed by atoms with Crippen LogP contribution in [-0.4, -0.2) is 47.8 Å². The average molecular weight is 316 g/mol. The van der Waals surface area contributed by atoms with Crippen molar-refractivity contribution in [3.8, 4) is 0 Å². The van der Waals surface area contributed by atoms with Crippen molar-refractivity contribution in [3.63, 3.8) is 0 Å². The van der Waals surface area contributed by atoms with Crippen LogP contribution in [0.15, 0.2) is 30.3 Å². The Morgan fingerprint density at radius 2 is 1.52 bits per heavy atom. The summed E-state index contributed by atoms with van der Waals surface area (Å²) in [5.41, 5.74) is 1.08. The number of carbonyl (C=O) groups excluding carboxylic acids is 2. The van der Waals surface area contributed by atoms with Gasteiger partial charge in [-0.1, -0.05) is 51.1 Å². The van der Waals surface area contributed by atoms with Crippen LogP contribution in [0, 0.1) is 5.92 Å². The van der Waals surface area contributed by atoms with E-state index in [-0.39, 0.29) is 23.7 Å². The number of benzene rings is 1. The lowest BCUT2D eigenvalue weighted by Gasteiger charge is -2.26. The molecule has 1 saturated heterocycles. The van der Waals surface area contributed by atoms with E-state index in [4.69, 9.17) is 0 Å². The summed E-state index contributed by atoms with van der Waals surface area (Å²) in [6.07, 6.45) is 1.66. The van der Waals surface area contributed by atoms with Crippen LogP contribution in [0.1, 0.15) is 45.1 Å². The van der Waals surface area contributed by atoms with Gasteiger partial charge in [-0.2, -0.15) is 0 Å². The lowest BCUT2D eigenvalue weighted by molar-refractivity contribution is -0.136. The monoisotopic (exact) mass is 316 g/mol. The van der Waals surface area contributed by atoms with Crippen molar-refractivity contribution in [1.29, 1.82) is 0 Å². The predicted molar refractivity (Wildman–Crippen MR) is 92.1 cm³/mol. The molecule has 0 saturated carbocycles. The molecule has 2 rings (SSSR count). The van der Waals surface area contributed by atoms with Crippen molar-refractivity contribution in [2.75, 3.05) is 26.2 Å². The van der Waals surface area contributed by atoms with Crippen molar-refractivity contribution >= 4 is 11.8 Å². The molecule has 0 bridgehead atoms. The highest BCUT2D eigenvalue weighted by molar-refractivity contribution is 5.84. The molecule has 4 nitrogen and oxygen atoms in total. The maximum atomic E-state index is 12.9. The van der Waals surface area contributed by atoms with E-state index in [9.17, 15) is 9.59 Å². The van der Waals surface area contributed by atoms with Crippen LogP contribution in [0.4, 0.5) is 0 Å². The topological polar surface area (TPSA) is 40.6 Å². The summed E-state index contributed by atoms with van der Waals surface area (Å²) in [7, 11) is 0. The van der Waals surface area contributed by atoms with Crippen LogP contribution in [0.25, 0.3) is 0 Å². The van der Waals surface area contributed by atoms with Crippen molar-refractivity contribution in [2.24, 2.45) is 5.92 Å². The summed E-state index contributed by atoms with van der Waals surface area (Å²) in [5.74, 6) is 0.320. The second-order valence-electron chi connectivity index (χ2n) is 6.53. The Hall–Kier alpha value is -1.84. The van der Waals surface area contributed by atoms with Gasteiger partial charge in [-0.05, 0) is 18.4 Å². The summed E-state index contributed by atoms with van der Waals surface area (Å²) >= 11 is 0. The van der Waals surface area contributed by atoms with Crippen LogP contribution >= 0.6 is 0 Å². The Bertz CT molecular complexity index is 527. The maximum Gasteiger partial charge on any atom is 0.230 e. The van der Waals surface area contributed by atoms with E-state index in [0.29, 0.717) is 13.1 Å². The number of rotatable bonds is 4. The summed E-state index contributed by atoms with van der Waals surface area (Å²) in [6, 6.07) is 9.99. The first kappa shape index (κ1) is 17.5. The zero-order valence-corrected chi connectivity index (χ0v) is 14.5. The fraction of sp³-hybridized carbons (Fsp3) is 0.579. The molecule has 0 N–H and O–H groups in total. The number of nitrogens with zero attached hydrogens (tertiary/aromatic N) is 2. The van der Waals surface area contributed by atoms with E-state index in [1.807, 2.05) is 54.0 Å². The molecule has 4 heteroatoms. The van der Waals surface area contributed by atoms with Crippen LogP contribution in [0.3, 0.4) is 0 Å². The minimum atomic E-state index is -0.0800. The minimum Gasteiger partial charge on any atom is -0.341 e. The standard InChI is InChI=1S/C19H28N2O2/c1-4-17(16-9-6-5-7-10-16)19(23)21-12-8-11-20(13-14-21)18(22)15(2)3/h5-7,9-10,15,17H,4,8,11-14H2,1-3H3. The lowest BCUT2D eigenvalue weighted by atomic mass is 9.95. The quantitative estimate of drug-likeness (QED) is 0.857. The molecule has 1 unspecified atom stereocenters. The molecule has 1 fully saturated rings. The Morgan fingerprint density at radius 3 is 2.04 bits per heavy atom. The predicted octanol–water partition coefficient (Wildman–Crippen LogP) is 2.90. The SMILES string of the molecule is CCC(C(=O)N1CCCN(C(=O)C(C)C)CC1)c1ccccc1. The molecular formula is C19H28N2O2. The first-order valence-corrected chi connectivity index (χ1v) is 8.67. The first-order chi connectivity index (χ1) is 11.0. The summed E-state index contributed by atoms with van der Waals surface area (Å²) in [5, 5.41) is 0. The highest BCUT2D eigenvalue weighted by Crippen LogP contribution is 2.23. The Balaban J connectivity index is 2.04. The zero-order chi connectivity index (χ0) is 16.8. The molecule has 0 aromatic heterocycles. The summed E-state index contributed by atoms with van der Waals surface area (Å²) in [6.45, 7) is 8.70. The Morgan fingerprint density at radius 1 is 0.957 bits per heavy atom. The van der Waals surface area contributed by atoms with Crippen molar-refractivity contribution in [1.82, 2.24) is 9.80 Å². The maximum absolute atomic E-state index is 12.9. The van der Waals surface area contributed by atoms with Crippen molar-refractivity contribution in [2.45, 2.75) is 39.5 Å². The fourth-order valence-corrected chi connectivity index (χ4v) is 3.18. The van der Waals surface area contributed by atoms with Gasteiger partial charge in [-0.3, -0.25) is 9.59 Å². The molecule has 0 aliphatic carbocycles. The van der Waals surface area contributed by atoms with E-state index in [1.54, 1.807) is 0 Å². The smallest absolute Gasteiger partial charge is 0.230 e. The number of carbonyl (C=O) groups is 2. The van der Waals surface area contributed by atoms with Gasteiger partial charge < -0.3 is 9.80 Å². The highest BCUT2D eigenvalue weighted by atomic mass is 16.2. The molecule has 126 valence electrons. The third kappa shape index (κ3) is 4.34. The number of hydrogen-bond donors (Lipinski definition) is 0. The Labute approximate surface area is 139 Å². The zero-order valence-electron chi connectivity index (χ0n) is 14.5. The molecule has 2 amide bonds. The second kappa shape index (κ2) is 8.14. The van der Waals surface area contributed by atoms with Gasteiger partial charge in [0.15, 0.2) is 0 Å². The van der Waals surface area contributed by atoms with Gasteiger partial charge in [-0.25, -0.2) is 0 Å². The van der Waals surface area contributed by atoms with Gasteiger partial charge in [0.1, 0.15) is 0 Å².